The van der Waals surface area contributed by atoms with Crippen molar-refractivity contribution < 1.29 is 14.3 Å². The molecule has 0 spiro atoms. The molecule has 70 valence electrons. The Bertz CT molecular complexity index is 152. The maximum absolute atomic E-state index is 10.9. The predicted octanol–water partition coefficient (Wildman–Crippen LogP) is 1.36. The first kappa shape index (κ1) is 9.52. The van der Waals surface area contributed by atoms with E-state index in [0.29, 0.717) is 12.7 Å². The van der Waals surface area contributed by atoms with Crippen LogP contribution in [-0.4, -0.2) is 25.8 Å². The predicted molar refractivity (Wildman–Crippen MR) is 44.8 cm³/mol. The molecule has 0 radical (unpaired) electrons. The Kier molecular flexibility index (Phi) is 3.53. The number of carbonyl (C=O) groups excluding carboxylic acids is 1. The molecule has 0 saturated heterocycles. The molecule has 0 N–H and O–H groups in total. The van der Waals surface area contributed by atoms with E-state index in [9.17, 15) is 4.79 Å². The molecule has 1 rings (SSSR count). The summed E-state index contributed by atoms with van der Waals surface area (Å²) in [5, 5.41) is 0. The Hall–Kier alpha value is -0.570. The van der Waals surface area contributed by atoms with Gasteiger partial charge in [0, 0.05) is 0 Å². The van der Waals surface area contributed by atoms with Gasteiger partial charge in [0.1, 0.15) is 0 Å². The van der Waals surface area contributed by atoms with Crippen molar-refractivity contribution in [1.29, 1.82) is 0 Å². The minimum absolute atomic E-state index is 0.129. The normalized spacial score (nSPS) is 19.8. The standard InChI is InChI=1S/C9H16O3/c1-7(9(10)11-2)6-12-8-4-3-5-8/h7-8H,3-6H2,1-2H3. The molecule has 3 heteroatoms. The number of hydrogen-bond donors (Lipinski definition) is 0. The fourth-order valence-corrected chi connectivity index (χ4v) is 1.09. The molecule has 0 aromatic heterocycles. The quantitative estimate of drug-likeness (QED) is 0.601. The zero-order valence-corrected chi connectivity index (χ0v) is 7.71. The first-order valence-corrected chi connectivity index (χ1v) is 4.43. The van der Waals surface area contributed by atoms with Gasteiger partial charge in [-0.2, -0.15) is 0 Å². The summed E-state index contributed by atoms with van der Waals surface area (Å²) in [6, 6.07) is 0. The minimum atomic E-state index is -0.186. The Labute approximate surface area is 73.0 Å². The van der Waals surface area contributed by atoms with Crippen LogP contribution in [0.3, 0.4) is 0 Å². The zero-order valence-electron chi connectivity index (χ0n) is 7.71. The monoisotopic (exact) mass is 172 g/mol. The highest BCUT2D eigenvalue weighted by Gasteiger charge is 2.21. The molecule has 1 fully saturated rings. The molecule has 1 unspecified atom stereocenters. The van der Waals surface area contributed by atoms with Crippen LogP contribution in [-0.2, 0) is 14.3 Å². The zero-order chi connectivity index (χ0) is 8.97. The summed E-state index contributed by atoms with van der Waals surface area (Å²) < 4.78 is 10.0. The average Bonchev–Trinajstić information content (AvgIpc) is 2.00. The summed E-state index contributed by atoms with van der Waals surface area (Å²) in [5.41, 5.74) is 0. The van der Waals surface area contributed by atoms with Gasteiger partial charge < -0.3 is 9.47 Å². The summed E-state index contributed by atoms with van der Waals surface area (Å²) >= 11 is 0. The highest BCUT2D eigenvalue weighted by molar-refractivity contribution is 5.71. The molecule has 3 nitrogen and oxygen atoms in total. The molecule has 1 atom stereocenters. The van der Waals surface area contributed by atoms with Crippen LogP contribution >= 0.6 is 0 Å². The summed E-state index contributed by atoms with van der Waals surface area (Å²) in [5.74, 6) is -0.315. The topological polar surface area (TPSA) is 35.5 Å². The highest BCUT2D eigenvalue weighted by Crippen LogP contribution is 2.22. The van der Waals surface area contributed by atoms with Gasteiger partial charge in [0.25, 0.3) is 0 Å². The van der Waals surface area contributed by atoms with Crippen molar-refractivity contribution in [1.82, 2.24) is 0 Å². The van der Waals surface area contributed by atoms with Crippen LogP contribution in [0.25, 0.3) is 0 Å². The Morgan fingerprint density at radius 2 is 2.25 bits per heavy atom. The molecule has 0 aromatic rings. The van der Waals surface area contributed by atoms with E-state index >= 15 is 0 Å². The van der Waals surface area contributed by atoms with E-state index < -0.39 is 0 Å². The van der Waals surface area contributed by atoms with Crippen LogP contribution in [0.5, 0.6) is 0 Å². The molecule has 0 amide bonds. The lowest BCUT2D eigenvalue weighted by molar-refractivity contribution is -0.148. The number of esters is 1. The van der Waals surface area contributed by atoms with Gasteiger partial charge in [0.05, 0.1) is 25.7 Å². The van der Waals surface area contributed by atoms with Gasteiger partial charge in [-0.25, -0.2) is 0 Å². The summed E-state index contributed by atoms with van der Waals surface area (Å²) in [6.45, 7) is 2.32. The molecular weight excluding hydrogens is 156 g/mol. The molecule has 1 aliphatic carbocycles. The third kappa shape index (κ3) is 2.48. The van der Waals surface area contributed by atoms with E-state index in [4.69, 9.17) is 4.74 Å². The number of carbonyl (C=O) groups is 1. The van der Waals surface area contributed by atoms with Crippen LogP contribution in [0.15, 0.2) is 0 Å². The Morgan fingerprint density at radius 3 is 2.67 bits per heavy atom. The molecule has 0 aliphatic heterocycles. The number of rotatable bonds is 4. The Balaban J connectivity index is 2.08. The van der Waals surface area contributed by atoms with Crippen molar-refractivity contribution in [3.05, 3.63) is 0 Å². The van der Waals surface area contributed by atoms with Gasteiger partial charge in [0.2, 0.25) is 0 Å². The van der Waals surface area contributed by atoms with Crippen LogP contribution in [0.2, 0.25) is 0 Å². The Morgan fingerprint density at radius 1 is 1.58 bits per heavy atom. The summed E-state index contributed by atoms with van der Waals surface area (Å²) in [6.07, 6.45) is 3.95. The van der Waals surface area contributed by atoms with Crippen molar-refractivity contribution in [3.8, 4) is 0 Å². The van der Waals surface area contributed by atoms with Gasteiger partial charge in [0.15, 0.2) is 0 Å². The molecule has 0 bridgehead atoms. The first-order chi connectivity index (χ1) is 5.74. The smallest absolute Gasteiger partial charge is 0.310 e. The second-order valence-electron chi connectivity index (χ2n) is 3.31. The van der Waals surface area contributed by atoms with Gasteiger partial charge in [-0.15, -0.1) is 0 Å². The lowest BCUT2D eigenvalue weighted by Gasteiger charge is -2.26. The van der Waals surface area contributed by atoms with Crippen LogP contribution in [0.1, 0.15) is 26.2 Å². The lowest BCUT2D eigenvalue weighted by Crippen LogP contribution is -2.27. The number of methoxy groups -OCH3 is 1. The van der Waals surface area contributed by atoms with Gasteiger partial charge in [-0.05, 0) is 26.2 Å². The van der Waals surface area contributed by atoms with E-state index in [1.54, 1.807) is 0 Å². The second-order valence-corrected chi connectivity index (χ2v) is 3.31. The fraction of sp³-hybridized carbons (Fsp3) is 0.889. The van der Waals surface area contributed by atoms with Gasteiger partial charge in [-0.1, -0.05) is 0 Å². The van der Waals surface area contributed by atoms with Crippen LogP contribution in [0.4, 0.5) is 0 Å². The van der Waals surface area contributed by atoms with Crippen molar-refractivity contribution in [2.24, 2.45) is 5.92 Å². The van der Waals surface area contributed by atoms with Crippen molar-refractivity contribution >= 4 is 5.97 Å². The SMILES string of the molecule is COC(=O)C(C)COC1CCC1. The van der Waals surface area contributed by atoms with Crippen LogP contribution in [0, 0.1) is 5.92 Å². The minimum Gasteiger partial charge on any atom is -0.469 e. The average molecular weight is 172 g/mol. The fourth-order valence-electron chi connectivity index (χ4n) is 1.09. The van der Waals surface area contributed by atoms with Crippen molar-refractivity contribution in [2.45, 2.75) is 32.3 Å². The van der Waals surface area contributed by atoms with Crippen molar-refractivity contribution in [2.75, 3.05) is 13.7 Å². The van der Waals surface area contributed by atoms with E-state index in [1.165, 1.54) is 13.5 Å². The maximum Gasteiger partial charge on any atom is 0.310 e. The lowest BCUT2D eigenvalue weighted by atomic mass is 9.96. The maximum atomic E-state index is 10.9. The van der Waals surface area contributed by atoms with E-state index in [2.05, 4.69) is 4.74 Å². The van der Waals surface area contributed by atoms with E-state index in [-0.39, 0.29) is 11.9 Å². The molecule has 12 heavy (non-hydrogen) atoms. The molecule has 1 saturated carbocycles. The third-order valence-corrected chi connectivity index (χ3v) is 2.24. The van der Waals surface area contributed by atoms with E-state index in [1.807, 2.05) is 6.92 Å². The molecule has 0 heterocycles. The van der Waals surface area contributed by atoms with Crippen molar-refractivity contribution in [3.63, 3.8) is 0 Å². The highest BCUT2D eigenvalue weighted by atomic mass is 16.5. The summed E-state index contributed by atoms with van der Waals surface area (Å²) in [7, 11) is 1.40. The van der Waals surface area contributed by atoms with E-state index in [0.717, 1.165) is 12.8 Å². The second kappa shape index (κ2) is 4.45. The number of ether oxygens (including phenoxy) is 2. The largest absolute Gasteiger partial charge is 0.469 e. The first-order valence-electron chi connectivity index (χ1n) is 4.43. The molecule has 0 aromatic carbocycles. The molecular formula is C9H16O3. The summed E-state index contributed by atoms with van der Waals surface area (Å²) in [4.78, 5) is 10.9. The third-order valence-electron chi connectivity index (χ3n) is 2.24. The van der Waals surface area contributed by atoms with Gasteiger partial charge in [-0.3, -0.25) is 4.79 Å². The molecule has 1 aliphatic rings. The number of hydrogen-bond acceptors (Lipinski definition) is 3. The van der Waals surface area contributed by atoms with Gasteiger partial charge >= 0.3 is 5.97 Å². The van der Waals surface area contributed by atoms with Crippen LogP contribution < -0.4 is 0 Å².